The van der Waals surface area contributed by atoms with Crippen molar-refractivity contribution in [2.24, 2.45) is 5.11 Å². The van der Waals surface area contributed by atoms with Crippen LogP contribution in [0.4, 0.5) is 0 Å². The Morgan fingerprint density at radius 2 is 2.45 bits per heavy atom. The average Bonchev–Trinajstić information content (AvgIpc) is 1.88. The first-order valence-corrected chi connectivity index (χ1v) is 4.70. The van der Waals surface area contributed by atoms with Gasteiger partial charge in [-0.2, -0.15) is 0 Å². The van der Waals surface area contributed by atoms with E-state index in [0.717, 1.165) is 0 Å². The molecule has 0 aromatic heterocycles. The Hall–Kier alpha value is -0.540. The lowest BCUT2D eigenvalue weighted by molar-refractivity contribution is 0.266. The van der Waals surface area contributed by atoms with Crippen LogP contribution in [0.5, 0.6) is 0 Å². The first kappa shape index (κ1) is 10.5. The number of nitrogens with zero attached hydrogens (tertiary/aromatic N) is 3. The number of hydrogen-bond donors (Lipinski definition) is 1. The maximum absolute atomic E-state index is 11.0. The second-order valence-electron chi connectivity index (χ2n) is 1.82. The lowest BCUT2D eigenvalue weighted by Crippen LogP contribution is -2.01. The zero-order valence-corrected chi connectivity index (χ0v) is 7.23. The van der Waals surface area contributed by atoms with E-state index in [1.807, 2.05) is 0 Å². The van der Waals surface area contributed by atoms with Crippen LogP contribution in [0.15, 0.2) is 5.11 Å². The van der Waals surface area contributed by atoms with Gasteiger partial charge in [0.25, 0.3) is 0 Å². The van der Waals surface area contributed by atoms with Crippen LogP contribution in [-0.2, 0) is 9.09 Å². The highest BCUT2D eigenvalue weighted by molar-refractivity contribution is 7.53. The van der Waals surface area contributed by atoms with E-state index in [1.165, 1.54) is 6.92 Å². The van der Waals surface area contributed by atoms with Crippen LogP contribution >= 0.6 is 7.60 Å². The normalized spacial score (nSPS) is 18.1. The third-order valence-corrected chi connectivity index (χ3v) is 2.68. The molecule has 0 heterocycles. The van der Waals surface area contributed by atoms with Crippen LogP contribution < -0.4 is 0 Å². The minimum atomic E-state index is -3.72. The fraction of sp³-hybridized carbons (Fsp3) is 1.00. The molecule has 0 saturated carbocycles. The summed E-state index contributed by atoms with van der Waals surface area (Å²) < 4.78 is 15.5. The van der Waals surface area contributed by atoms with Crippen molar-refractivity contribution in [3.05, 3.63) is 10.4 Å². The van der Waals surface area contributed by atoms with E-state index in [0.29, 0.717) is 0 Å². The van der Waals surface area contributed by atoms with Gasteiger partial charge in [-0.15, -0.1) is 0 Å². The lowest BCUT2D eigenvalue weighted by atomic mass is 10.8. The Labute approximate surface area is 64.3 Å². The summed E-state index contributed by atoms with van der Waals surface area (Å²) in [6, 6.07) is 0. The van der Waals surface area contributed by atoms with E-state index in [4.69, 9.17) is 10.4 Å². The Morgan fingerprint density at radius 1 is 1.91 bits per heavy atom. The molecule has 1 N–H and O–H groups in total. The van der Waals surface area contributed by atoms with E-state index in [2.05, 4.69) is 14.5 Å². The van der Waals surface area contributed by atoms with Crippen LogP contribution in [-0.4, -0.2) is 17.3 Å². The van der Waals surface area contributed by atoms with Crippen LogP contribution in [0.3, 0.4) is 0 Å². The van der Waals surface area contributed by atoms with Gasteiger partial charge < -0.3 is 9.42 Å². The van der Waals surface area contributed by atoms with Crippen molar-refractivity contribution in [2.75, 3.05) is 6.61 Å². The van der Waals surface area contributed by atoms with Gasteiger partial charge in [-0.3, -0.25) is 4.57 Å². The smallest absolute Gasteiger partial charge is 0.324 e. The molecule has 0 radical (unpaired) electrons. The molecule has 0 saturated heterocycles. The average molecular weight is 179 g/mol. The van der Waals surface area contributed by atoms with Crippen LogP contribution in [0.1, 0.15) is 13.8 Å². The van der Waals surface area contributed by atoms with E-state index in [9.17, 15) is 4.57 Å². The van der Waals surface area contributed by atoms with Crippen LogP contribution in [0, 0.1) is 0 Å². The summed E-state index contributed by atoms with van der Waals surface area (Å²) in [6.45, 7) is 3.04. The lowest BCUT2D eigenvalue weighted by Gasteiger charge is -2.12. The van der Waals surface area contributed by atoms with E-state index < -0.39 is 13.4 Å². The molecule has 0 bridgehead atoms. The molecule has 0 aliphatic carbocycles. The molecule has 6 nitrogen and oxygen atoms in total. The van der Waals surface area contributed by atoms with Crippen molar-refractivity contribution in [1.29, 1.82) is 0 Å². The highest BCUT2D eigenvalue weighted by Gasteiger charge is 2.26. The molecule has 0 fully saturated rings. The molecule has 7 heteroatoms. The number of azide groups is 1. The molecule has 2 unspecified atom stereocenters. The van der Waals surface area contributed by atoms with Crippen molar-refractivity contribution < 1.29 is 14.0 Å². The monoisotopic (exact) mass is 179 g/mol. The summed E-state index contributed by atoms with van der Waals surface area (Å²) in [5.41, 5.74) is 7.94. The molecule has 0 spiro atoms. The Bertz CT molecular complexity index is 213. The summed E-state index contributed by atoms with van der Waals surface area (Å²) >= 11 is 0. The van der Waals surface area contributed by atoms with Crippen LogP contribution in [0.25, 0.3) is 10.4 Å². The summed E-state index contributed by atoms with van der Waals surface area (Å²) in [4.78, 5) is 11.4. The van der Waals surface area contributed by atoms with Gasteiger partial charge in [0.2, 0.25) is 0 Å². The van der Waals surface area contributed by atoms with E-state index in [-0.39, 0.29) is 6.61 Å². The Morgan fingerprint density at radius 3 is 2.82 bits per heavy atom. The van der Waals surface area contributed by atoms with E-state index >= 15 is 0 Å². The summed E-state index contributed by atoms with van der Waals surface area (Å²) in [7, 11) is -3.72. The molecule has 0 amide bonds. The summed E-state index contributed by atoms with van der Waals surface area (Å²) in [5, 5.41) is 3.06. The van der Waals surface area contributed by atoms with Crippen molar-refractivity contribution in [3.8, 4) is 0 Å². The fourth-order valence-electron chi connectivity index (χ4n) is 0.433. The molecule has 2 atom stereocenters. The Balaban J connectivity index is 4.28. The van der Waals surface area contributed by atoms with Gasteiger partial charge in [0.15, 0.2) is 0 Å². The van der Waals surface area contributed by atoms with Crippen molar-refractivity contribution >= 4 is 7.60 Å². The van der Waals surface area contributed by atoms with Gasteiger partial charge in [-0.25, -0.2) is 0 Å². The standard InChI is InChI=1S/C4H10N3O3P/c1-3-10-11(8,9)4(2)6-7-5/h4H,3H2,1-2H3,(H,8,9). The molecule has 0 aliphatic rings. The second kappa shape index (κ2) is 4.36. The third kappa shape index (κ3) is 3.39. The second-order valence-corrected chi connectivity index (χ2v) is 3.95. The van der Waals surface area contributed by atoms with Crippen LogP contribution in [0.2, 0.25) is 0 Å². The van der Waals surface area contributed by atoms with Gasteiger partial charge in [-0.1, -0.05) is 5.11 Å². The Kier molecular flexibility index (Phi) is 4.15. The zero-order chi connectivity index (χ0) is 8.91. The molecule has 0 rings (SSSR count). The first-order valence-electron chi connectivity index (χ1n) is 3.05. The highest BCUT2D eigenvalue weighted by atomic mass is 31.2. The number of hydrogen-bond acceptors (Lipinski definition) is 3. The quantitative estimate of drug-likeness (QED) is 0.308. The zero-order valence-electron chi connectivity index (χ0n) is 6.34. The maximum Gasteiger partial charge on any atom is 0.336 e. The minimum absolute atomic E-state index is 0.124. The first-order chi connectivity index (χ1) is 5.04. The van der Waals surface area contributed by atoms with E-state index in [1.54, 1.807) is 6.92 Å². The molecule has 64 valence electrons. The third-order valence-electron chi connectivity index (χ3n) is 1.01. The van der Waals surface area contributed by atoms with Gasteiger partial charge in [0.1, 0.15) is 5.78 Å². The van der Waals surface area contributed by atoms with Crippen molar-refractivity contribution in [1.82, 2.24) is 0 Å². The summed E-state index contributed by atoms with van der Waals surface area (Å²) in [6.07, 6.45) is 0. The molecule has 0 aromatic rings. The topological polar surface area (TPSA) is 95.3 Å². The highest BCUT2D eigenvalue weighted by Crippen LogP contribution is 2.47. The molecular formula is C4H10N3O3P. The van der Waals surface area contributed by atoms with Gasteiger partial charge >= 0.3 is 7.60 Å². The maximum atomic E-state index is 11.0. The number of rotatable bonds is 4. The van der Waals surface area contributed by atoms with Crippen molar-refractivity contribution in [2.45, 2.75) is 19.6 Å². The molecule has 0 aliphatic heterocycles. The van der Waals surface area contributed by atoms with Gasteiger partial charge in [0, 0.05) is 4.91 Å². The molecule has 11 heavy (non-hydrogen) atoms. The fourth-order valence-corrected chi connectivity index (χ4v) is 1.20. The SMILES string of the molecule is CCOP(=O)(O)C(C)N=[N+]=[N-]. The van der Waals surface area contributed by atoms with Gasteiger partial charge in [0.05, 0.1) is 6.61 Å². The molecular weight excluding hydrogens is 169 g/mol. The predicted molar refractivity (Wildman–Crippen MR) is 40.1 cm³/mol. The largest absolute Gasteiger partial charge is 0.336 e. The predicted octanol–water partition coefficient (Wildman–Crippen LogP) is 1.86. The molecule has 0 aromatic carbocycles. The van der Waals surface area contributed by atoms with Gasteiger partial charge in [-0.05, 0) is 19.4 Å². The van der Waals surface area contributed by atoms with Crippen molar-refractivity contribution in [3.63, 3.8) is 0 Å². The summed E-state index contributed by atoms with van der Waals surface area (Å²) in [5.74, 6) is -1.02. The minimum Gasteiger partial charge on any atom is -0.324 e.